The van der Waals surface area contributed by atoms with Gasteiger partial charge in [-0.25, -0.2) is 4.98 Å². The number of H-pyrrole nitrogens is 1. The molecule has 4 aromatic rings. The van der Waals surface area contributed by atoms with Crippen molar-refractivity contribution in [2.75, 3.05) is 42.7 Å². The van der Waals surface area contributed by atoms with Gasteiger partial charge in [-0.15, -0.1) is 0 Å². The van der Waals surface area contributed by atoms with Crippen LogP contribution in [-0.4, -0.2) is 52.3 Å². The Balaban J connectivity index is 1.36. The van der Waals surface area contributed by atoms with Crippen LogP contribution in [0.3, 0.4) is 0 Å². The van der Waals surface area contributed by atoms with Gasteiger partial charge in [-0.1, -0.05) is 19.2 Å². The molecule has 1 fully saturated rings. The molecule has 178 valence electrons. The zero-order valence-corrected chi connectivity index (χ0v) is 20.2. The van der Waals surface area contributed by atoms with Crippen molar-refractivity contribution in [2.45, 2.75) is 12.8 Å². The van der Waals surface area contributed by atoms with Gasteiger partial charge in [0, 0.05) is 44.3 Å². The second-order valence-electron chi connectivity index (χ2n) is 8.96. The van der Waals surface area contributed by atoms with Gasteiger partial charge in [-0.05, 0) is 48.7 Å². The quantitative estimate of drug-likeness (QED) is 0.331. The van der Waals surface area contributed by atoms with E-state index in [1.54, 1.807) is 6.20 Å². The summed E-state index contributed by atoms with van der Waals surface area (Å²) < 4.78 is 0. The number of anilines is 3. The van der Waals surface area contributed by atoms with Gasteiger partial charge >= 0.3 is 0 Å². The zero-order valence-electron chi connectivity index (χ0n) is 20.2. The monoisotopic (exact) mass is 466 g/mol. The first-order valence-electron chi connectivity index (χ1n) is 11.7. The summed E-state index contributed by atoms with van der Waals surface area (Å²) >= 11 is 0. The van der Waals surface area contributed by atoms with Crippen LogP contribution in [0.15, 0.2) is 74.0 Å². The van der Waals surface area contributed by atoms with Gasteiger partial charge in [0.05, 0.1) is 40.8 Å². The van der Waals surface area contributed by atoms with Gasteiger partial charge in [0.1, 0.15) is 11.5 Å². The number of aromatic nitrogens is 4. The average Bonchev–Trinajstić information content (AvgIpc) is 3.55. The predicted molar refractivity (Wildman–Crippen MR) is 144 cm³/mol. The van der Waals surface area contributed by atoms with E-state index in [4.69, 9.17) is 0 Å². The lowest BCUT2D eigenvalue weighted by Gasteiger charge is -2.17. The van der Waals surface area contributed by atoms with Crippen LogP contribution in [0.25, 0.3) is 27.7 Å². The van der Waals surface area contributed by atoms with E-state index >= 15 is 0 Å². The summed E-state index contributed by atoms with van der Waals surface area (Å²) in [4.78, 5) is 13.3. The van der Waals surface area contributed by atoms with Crippen molar-refractivity contribution in [3.8, 4) is 11.1 Å². The summed E-state index contributed by atoms with van der Waals surface area (Å²) in [6.07, 6.45) is 7.95. The molecule has 8 heteroatoms. The smallest absolute Gasteiger partial charge is 0.128 e. The third kappa shape index (κ3) is 4.82. The van der Waals surface area contributed by atoms with E-state index in [-0.39, 0.29) is 0 Å². The standard InChI is InChI=1S/C27H30N8/c1-18(30-22-8-10-26(29-17-22)35-11-5-6-12-35)27-24-14-20(7-9-25(24)32-33-27)21-13-23(16-28-15-21)31-19(2)34(3)4/h7-10,13-17,30-31H,1-2,5-6,11-12H2,3-4H3,(H,32,33). The van der Waals surface area contributed by atoms with E-state index in [0.29, 0.717) is 5.70 Å². The zero-order chi connectivity index (χ0) is 24.4. The fourth-order valence-corrected chi connectivity index (χ4v) is 4.19. The predicted octanol–water partition coefficient (Wildman–Crippen LogP) is 5.15. The summed E-state index contributed by atoms with van der Waals surface area (Å²) in [6, 6.07) is 12.3. The molecule has 0 unspecified atom stereocenters. The SMILES string of the molecule is C=C(Nc1ccc(N2CCCC2)nc1)c1n[nH]c2ccc(-c3cncc(NC(=C)N(C)C)c3)cc12. The van der Waals surface area contributed by atoms with E-state index in [1.165, 1.54) is 12.8 Å². The van der Waals surface area contributed by atoms with Crippen molar-refractivity contribution in [1.82, 2.24) is 25.1 Å². The van der Waals surface area contributed by atoms with Crippen molar-refractivity contribution in [2.24, 2.45) is 0 Å². The van der Waals surface area contributed by atoms with Crippen LogP contribution >= 0.6 is 0 Å². The molecule has 5 rings (SSSR count). The number of hydrogen-bond donors (Lipinski definition) is 3. The lowest BCUT2D eigenvalue weighted by Crippen LogP contribution is -2.18. The van der Waals surface area contributed by atoms with Gasteiger partial charge in [-0.3, -0.25) is 10.1 Å². The van der Waals surface area contributed by atoms with Crippen LogP contribution in [0, 0.1) is 0 Å². The molecule has 0 saturated carbocycles. The number of benzene rings is 1. The fourth-order valence-electron chi connectivity index (χ4n) is 4.19. The van der Waals surface area contributed by atoms with E-state index in [1.807, 2.05) is 43.5 Å². The van der Waals surface area contributed by atoms with Crippen molar-refractivity contribution in [1.29, 1.82) is 0 Å². The first-order valence-corrected chi connectivity index (χ1v) is 11.7. The summed E-state index contributed by atoms with van der Waals surface area (Å²) in [5.41, 5.74) is 6.22. The van der Waals surface area contributed by atoms with Gasteiger partial charge in [0.25, 0.3) is 0 Å². The maximum atomic E-state index is 4.62. The maximum Gasteiger partial charge on any atom is 0.128 e. The molecule has 8 nitrogen and oxygen atoms in total. The third-order valence-electron chi connectivity index (χ3n) is 6.22. The second kappa shape index (κ2) is 9.50. The molecule has 0 amide bonds. The van der Waals surface area contributed by atoms with Gasteiger partial charge < -0.3 is 20.4 Å². The first-order chi connectivity index (χ1) is 17.0. The molecule has 1 aromatic carbocycles. The molecular formula is C27H30N8. The molecule has 1 aliphatic rings. The van der Waals surface area contributed by atoms with Crippen molar-refractivity contribution >= 4 is 33.8 Å². The Morgan fingerprint density at radius 1 is 0.943 bits per heavy atom. The van der Waals surface area contributed by atoms with Crippen LogP contribution in [0.2, 0.25) is 0 Å². The molecule has 3 aromatic heterocycles. The number of hydrogen-bond acceptors (Lipinski definition) is 7. The first kappa shape index (κ1) is 22.5. The van der Waals surface area contributed by atoms with E-state index in [9.17, 15) is 0 Å². The highest BCUT2D eigenvalue weighted by molar-refractivity contribution is 5.95. The summed E-state index contributed by atoms with van der Waals surface area (Å²) in [7, 11) is 3.89. The lowest BCUT2D eigenvalue weighted by atomic mass is 10.0. The Morgan fingerprint density at radius 3 is 2.51 bits per heavy atom. The molecular weight excluding hydrogens is 436 g/mol. The highest BCUT2D eigenvalue weighted by Gasteiger charge is 2.14. The number of aromatic amines is 1. The van der Waals surface area contributed by atoms with Crippen LogP contribution < -0.4 is 15.5 Å². The number of pyridine rings is 2. The molecule has 0 radical (unpaired) electrons. The van der Waals surface area contributed by atoms with Crippen molar-refractivity contribution < 1.29 is 0 Å². The average molecular weight is 467 g/mol. The van der Waals surface area contributed by atoms with Crippen LogP contribution in [0.5, 0.6) is 0 Å². The molecule has 0 bridgehead atoms. The maximum absolute atomic E-state index is 4.62. The van der Waals surface area contributed by atoms with Gasteiger partial charge in [-0.2, -0.15) is 5.10 Å². The largest absolute Gasteiger partial charge is 0.365 e. The Morgan fingerprint density at radius 2 is 1.77 bits per heavy atom. The lowest BCUT2D eigenvalue weighted by molar-refractivity contribution is 0.521. The molecule has 1 aliphatic heterocycles. The normalized spacial score (nSPS) is 13.1. The Kier molecular flexibility index (Phi) is 6.10. The summed E-state index contributed by atoms with van der Waals surface area (Å²) in [5, 5.41) is 15.3. The fraction of sp³-hybridized carbons (Fsp3) is 0.222. The molecule has 0 spiro atoms. The minimum atomic E-state index is 0.708. The Labute approximate surface area is 205 Å². The number of nitrogens with one attached hydrogen (secondary N) is 3. The summed E-state index contributed by atoms with van der Waals surface area (Å²) in [5.74, 6) is 1.81. The molecule has 3 N–H and O–H groups in total. The number of nitrogens with zero attached hydrogens (tertiary/aromatic N) is 5. The molecule has 1 saturated heterocycles. The van der Waals surface area contributed by atoms with Crippen LogP contribution in [0.1, 0.15) is 18.5 Å². The second-order valence-corrected chi connectivity index (χ2v) is 8.96. The van der Waals surface area contributed by atoms with Gasteiger partial charge in [0.2, 0.25) is 0 Å². The van der Waals surface area contributed by atoms with Crippen LogP contribution in [-0.2, 0) is 0 Å². The Bertz CT molecular complexity index is 1360. The van der Waals surface area contributed by atoms with Crippen molar-refractivity contribution in [3.63, 3.8) is 0 Å². The Hall–Kier alpha value is -4.33. The third-order valence-corrected chi connectivity index (χ3v) is 6.22. The van der Waals surface area contributed by atoms with Crippen molar-refractivity contribution in [3.05, 3.63) is 79.7 Å². The molecule has 0 aliphatic carbocycles. The highest BCUT2D eigenvalue weighted by atomic mass is 15.2. The molecule has 4 heterocycles. The van der Waals surface area contributed by atoms with E-state index in [2.05, 4.69) is 73.1 Å². The molecule has 0 atom stereocenters. The van der Waals surface area contributed by atoms with E-state index < -0.39 is 0 Å². The minimum Gasteiger partial charge on any atom is -0.365 e. The highest BCUT2D eigenvalue weighted by Crippen LogP contribution is 2.30. The molecule has 35 heavy (non-hydrogen) atoms. The van der Waals surface area contributed by atoms with Gasteiger partial charge in [0.15, 0.2) is 0 Å². The minimum absolute atomic E-state index is 0.708. The van der Waals surface area contributed by atoms with Crippen LogP contribution in [0.4, 0.5) is 17.2 Å². The summed E-state index contributed by atoms with van der Waals surface area (Å²) in [6.45, 7) is 10.4. The van der Waals surface area contributed by atoms with E-state index in [0.717, 1.165) is 63.8 Å². The number of rotatable bonds is 8. The number of fused-ring (bicyclic) bond motifs is 1. The topological polar surface area (TPSA) is 85.0 Å².